The Morgan fingerprint density at radius 3 is 1.61 bits per heavy atom. The smallest absolute Gasteiger partial charge is 0.0619 e. The van der Waals surface area contributed by atoms with E-state index in [1.54, 1.807) is 0 Å². The van der Waals surface area contributed by atoms with E-state index in [1.165, 1.54) is 76.7 Å². The Morgan fingerprint density at radius 2 is 0.829 bits per heavy atom. The summed E-state index contributed by atoms with van der Waals surface area (Å²) in [5, 5.41) is 7.41. The van der Waals surface area contributed by atoms with Gasteiger partial charge in [0.1, 0.15) is 0 Å². The van der Waals surface area contributed by atoms with E-state index in [4.69, 9.17) is 0 Å². The lowest BCUT2D eigenvalue weighted by atomic mass is 9.92. The van der Waals surface area contributed by atoms with Gasteiger partial charge in [-0.15, -0.1) is 0 Å². The quantitative estimate of drug-likeness (QED) is 0.140. The maximum Gasteiger partial charge on any atom is 0.0619 e. The molecule has 0 aliphatic rings. The lowest BCUT2D eigenvalue weighted by molar-refractivity contribution is 1.19. The molecule has 1 heterocycles. The fraction of sp³-hybridized carbons (Fsp3) is 0. The van der Waals surface area contributed by atoms with Gasteiger partial charge in [0, 0.05) is 38.8 Å². The molecule has 0 aliphatic carbocycles. The van der Waals surface area contributed by atoms with Crippen LogP contribution in [0, 0.1) is 0 Å². The minimum Gasteiger partial charge on any atom is -0.310 e. The number of hydrogen-bond donors (Lipinski definition) is 0. The van der Waals surface area contributed by atoms with Crippen LogP contribution in [0.15, 0.2) is 279 Å². The summed E-state index contributed by atoms with van der Waals surface area (Å²) in [5.74, 6) is 0. The molecule has 0 radical (unpaired) electrons. The highest BCUT2D eigenvalue weighted by molar-refractivity contribution is 6.18. The first-order valence-electron chi connectivity index (χ1n) is 24.1. The first-order valence-corrected chi connectivity index (χ1v) is 24.1. The van der Waals surface area contributed by atoms with Crippen LogP contribution in [-0.4, -0.2) is 4.57 Å². The van der Waals surface area contributed by atoms with Crippen LogP contribution in [0.3, 0.4) is 0 Å². The number of benzene rings is 12. The molecule has 0 amide bonds. The van der Waals surface area contributed by atoms with E-state index >= 15 is 0 Å². The summed E-state index contributed by atoms with van der Waals surface area (Å²) in [4.78, 5) is 2.47. The van der Waals surface area contributed by atoms with Gasteiger partial charge >= 0.3 is 0 Å². The Hall–Kier alpha value is -9.24. The average Bonchev–Trinajstić information content (AvgIpc) is 3.79. The molecule has 0 aliphatic heterocycles. The highest BCUT2D eigenvalue weighted by atomic mass is 15.1. The van der Waals surface area contributed by atoms with Gasteiger partial charge in [0.05, 0.1) is 16.7 Å². The van der Waals surface area contributed by atoms with E-state index in [-0.39, 0.29) is 0 Å². The summed E-state index contributed by atoms with van der Waals surface area (Å²) < 4.78 is 2.45. The van der Waals surface area contributed by atoms with Crippen LogP contribution in [0.2, 0.25) is 0 Å². The molecule has 1 aromatic heterocycles. The molecule has 2 nitrogen and oxygen atoms in total. The zero-order valence-corrected chi connectivity index (χ0v) is 38.5. The molecule has 0 bridgehead atoms. The first kappa shape index (κ1) is 41.0. The van der Waals surface area contributed by atoms with Crippen LogP contribution >= 0.6 is 0 Å². The van der Waals surface area contributed by atoms with Crippen molar-refractivity contribution in [2.75, 3.05) is 4.90 Å². The molecule has 0 atom stereocenters. The molecular formula is C68H46N2. The Morgan fingerprint density at radius 1 is 0.257 bits per heavy atom. The van der Waals surface area contributed by atoms with Gasteiger partial charge in [-0.1, -0.05) is 218 Å². The fourth-order valence-corrected chi connectivity index (χ4v) is 10.6. The van der Waals surface area contributed by atoms with Crippen LogP contribution in [-0.2, 0) is 0 Å². The highest BCUT2D eigenvalue weighted by Gasteiger charge is 2.22. The van der Waals surface area contributed by atoms with Crippen LogP contribution in [0.1, 0.15) is 0 Å². The molecular weight excluding hydrogens is 845 g/mol. The van der Waals surface area contributed by atoms with Gasteiger partial charge in [-0.25, -0.2) is 0 Å². The van der Waals surface area contributed by atoms with Crippen LogP contribution < -0.4 is 4.90 Å². The number of hydrogen-bond acceptors (Lipinski definition) is 1. The third-order valence-corrected chi connectivity index (χ3v) is 13.9. The predicted molar refractivity (Wildman–Crippen MR) is 298 cm³/mol. The number of nitrogens with zero attached hydrogens (tertiary/aromatic N) is 2. The Kier molecular flexibility index (Phi) is 10.2. The number of aromatic nitrogens is 1. The van der Waals surface area contributed by atoms with Gasteiger partial charge in [0.2, 0.25) is 0 Å². The second kappa shape index (κ2) is 17.4. The third-order valence-electron chi connectivity index (χ3n) is 13.9. The fourth-order valence-electron chi connectivity index (χ4n) is 10.6. The number of para-hydroxylation sites is 1. The van der Waals surface area contributed by atoms with Gasteiger partial charge in [-0.2, -0.15) is 0 Å². The number of fused-ring (bicyclic) bond motifs is 6. The lowest BCUT2D eigenvalue weighted by Crippen LogP contribution is -2.12. The molecule has 328 valence electrons. The summed E-state index contributed by atoms with van der Waals surface area (Å²) in [6, 6.07) is 102. The summed E-state index contributed by atoms with van der Waals surface area (Å²) in [6.45, 7) is 0. The third kappa shape index (κ3) is 7.31. The van der Waals surface area contributed by atoms with E-state index in [0.717, 1.165) is 45.0 Å². The largest absolute Gasteiger partial charge is 0.310 e. The van der Waals surface area contributed by atoms with Gasteiger partial charge in [-0.05, 0) is 127 Å². The minimum absolute atomic E-state index is 1.06. The first-order chi connectivity index (χ1) is 34.7. The topological polar surface area (TPSA) is 8.17 Å². The van der Waals surface area contributed by atoms with E-state index in [2.05, 4.69) is 289 Å². The molecule has 13 rings (SSSR count). The van der Waals surface area contributed by atoms with Crippen molar-refractivity contribution >= 4 is 60.4 Å². The molecule has 0 fully saturated rings. The molecule has 0 saturated carbocycles. The van der Waals surface area contributed by atoms with E-state index in [0.29, 0.717) is 0 Å². The van der Waals surface area contributed by atoms with Gasteiger partial charge in [-0.3, -0.25) is 0 Å². The number of rotatable bonds is 9. The monoisotopic (exact) mass is 890 g/mol. The SMILES string of the molecule is c1ccc(-c2ccc(N(c3cccc(-c4cccc(-n5c6ccccc6c6ccc7ccccc7c65)c4)c3)c3ccc(-c4ccccc4)c(-c4ccccc4)c3)c(-c3ccc4ccccc4c3)c2)cc1. The van der Waals surface area contributed by atoms with Gasteiger partial charge < -0.3 is 9.47 Å². The average molecular weight is 891 g/mol. The van der Waals surface area contributed by atoms with Crippen LogP contribution in [0.5, 0.6) is 0 Å². The van der Waals surface area contributed by atoms with Crippen molar-refractivity contribution in [3.8, 4) is 61.3 Å². The molecule has 0 unspecified atom stereocenters. The van der Waals surface area contributed by atoms with E-state index in [1.807, 2.05) is 0 Å². The molecule has 12 aromatic carbocycles. The highest BCUT2D eigenvalue weighted by Crippen LogP contribution is 2.47. The molecule has 0 saturated heterocycles. The summed E-state index contributed by atoms with van der Waals surface area (Å²) in [7, 11) is 0. The van der Waals surface area contributed by atoms with Crippen molar-refractivity contribution in [1.82, 2.24) is 4.57 Å². The molecule has 2 heteroatoms. The van der Waals surface area contributed by atoms with Crippen molar-refractivity contribution in [3.63, 3.8) is 0 Å². The standard InChI is InChI=1S/C68H46N2/c1-4-18-47(19-5-1)55-37-41-67(65(45-55)56-35-34-48-20-10-11-26-52(48)42-56)69(59-38-40-60(49-21-6-2-7-22-49)64(46-59)50-23-8-3-9-24-50)57-29-16-27-53(43-57)54-28-17-30-58(44-54)70-66-33-15-14-32-62(66)63-39-36-51-25-12-13-31-61(51)68(63)70/h1-46H. The zero-order valence-electron chi connectivity index (χ0n) is 38.5. The van der Waals surface area contributed by atoms with E-state index in [9.17, 15) is 0 Å². The Balaban J connectivity index is 1.03. The zero-order chi connectivity index (χ0) is 46.4. The van der Waals surface area contributed by atoms with Gasteiger partial charge in [0.25, 0.3) is 0 Å². The second-order valence-electron chi connectivity index (χ2n) is 18.1. The second-order valence-corrected chi connectivity index (χ2v) is 18.1. The summed E-state index contributed by atoms with van der Waals surface area (Å²) in [5.41, 5.74) is 18.4. The van der Waals surface area contributed by atoms with Crippen LogP contribution in [0.25, 0.3) is 105 Å². The predicted octanol–water partition coefficient (Wildman–Crippen LogP) is 18.9. The molecule has 0 spiro atoms. The summed E-state index contributed by atoms with van der Waals surface area (Å²) >= 11 is 0. The van der Waals surface area contributed by atoms with Crippen molar-refractivity contribution in [2.45, 2.75) is 0 Å². The Labute approximate surface area is 408 Å². The maximum atomic E-state index is 2.47. The van der Waals surface area contributed by atoms with Crippen LogP contribution in [0.4, 0.5) is 17.1 Å². The maximum absolute atomic E-state index is 2.47. The minimum atomic E-state index is 1.06. The molecule has 13 aromatic rings. The lowest BCUT2D eigenvalue weighted by Gasteiger charge is -2.30. The number of anilines is 3. The van der Waals surface area contributed by atoms with Crippen molar-refractivity contribution in [2.24, 2.45) is 0 Å². The normalized spacial score (nSPS) is 11.4. The van der Waals surface area contributed by atoms with Crippen molar-refractivity contribution < 1.29 is 0 Å². The Bertz CT molecular complexity index is 4060. The summed E-state index contributed by atoms with van der Waals surface area (Å²) in [6.07, 6.45) is 0. The van der Waals surface area contributed by atoms with Gasteiger partial charge in [0.15, 0.2) is 0 Å². The molecule has 0 N–H and O–H groups in total. The van der Waals surface area contributed by atoms with E-state index < -0.39 is 0 Å². The molecule has 70 heavy (non-hydrogen) atoms. The van der Waals surface area contributed by atoms with Crippen molar-refractivity contribution in [1.29, 1.82) is 0 Å². The van der Waals surface area contributed by atoms with Crippen molar-refractivity contribution in [3.05, 3.63) is 279 Å².